The smallest absolute Gasteiger partial charge is 0.264 e. The molecular formula is C12H11BrF2N2O2S2. The van der Waals surface area contributed by atoms with Gasteiger partial charge in [0.15, 0.2) is 5.82 Å². The van der Waals surface area contributed by atoms with Crippen LogP contribution in [0, 0.1) is 18.6 Å². The van der Waals surface area contributed by atoms with E-state index in [2.05, 4.69) is 15.9 Å². The third-order valence-corrected chi connectivity index (χ3v) is 6.34. The number of nitrogens with two attached hydrogens (primary N) is 1. The molecule has 9 heteroatoms. The fourth-order valence-corrected chi connectivity index (χ4v) is 5.25. The molecule has 1 aromatic carbocycles. The van der Waals surface area contributed by atoms with Gasteiger partial charge in [0, 0.05) is 11.4 Å². The topological polar surface area (TPSA) is 72.2 Å². The van der Waals surface area contributed by atoms with Gasteiger partial charge in [-0.1, -0.05) is 6.07 Å². The lowest BCUT2D eigenvalue weighted by Gasteiger charge is -2.10. The Bertz CT molecular complexity index is 791. The molecule has 1 aromatic heterocycles. The SMILES string of the molecule is Cc1ccc(F)c(NS(=O)(=O)c2cc(CN)sc2Br)c1F. The standard InChI is InChI=1S/C12H11BrF2N2O2S2/c1-6-2-3-8(14)11(10(6)15)17-21(18,19)9-4-7(5-16)20-12(9)13/h2-4,17H,5,16H2,1H3. The Morgan fingerprint density at radius 2 is 2.05 bits per heavy atom. The van der Waals surface area contributed by atoms with Crippen molar-refractivity contribution in [2.75, 3.05) is 4.72 Å². The minimum absolute atomic E-state index is 0.103. The summed E-state index contributed by atoms with van der Waals surface area (Å²) in [6.45, 7) is 1.59. The second-order valence-corrected chi connectivity index (χ2v) is 8.32. The zero-order valence-electron chi connectivity index (χ0n) is 10.8. The normalized spacial score (nSPS) is 11.7. The maximum atomic E-state index is 13.9. The van der Waals surface area contributed by atoms with Crippen LogP contribution in [-0.4, -0.2) is 8.42 Å². The van der Waals surface area contributed by atoms with Crippen molar-refractivity contribution in [3.63, 3.8) is 0 Å². The molecule has 3 N–H and O–H groups in total. The summed E-state index contributed by atoms with van der Waals surface area (Å²) in [5.41, 5.74) is 4.90. The number of anilines is 1. The van der Waals surface area contributed by atoms with Crippen LogP contribution >= 0.6 is 27.3 Å². The van der Waals surface area contributed by atoms with Crippen LogP contribution in [0.5, 0.6) is 0 Å². The van der Waals surface area contributed by atoms with Crippen molar-refractivity contribution in [3.8, 4) is 0 Å². The molecule has 1 heterocycles. The van der Waals surface area contributed by atoms with Gasteiger partial charge >= 0.3 is 0 Å². The number of thiophene rings is 1. The van der Waals surface area contributed by atoms with Crippen LogP contribution in [0.4, 0.5) is 14.5 Å². The Hall–Kier alpha value is -1.03. The maximum Gasteiger partial charge on any atom is 0.264 e. The third kappa shape index (κ3) is 3.25. The van der Waals surface area contributed by atoms with Crippen molar-refractivity contribution < 1.29 is 17.2 Å². The summed E-state index contributed by atoms with van der Waals surface area (Å²) >= 11 is 4.26. The molecule has 0 radical (unpaired) electrons. The van der Waals surface area contributed by atoms with Gasteiger partial charge in [0.1, 0.15) is 16.4 Å². The number of hydrogen-bond donors (Lipinski definition) is 2. The third-order valence-electron chi connectivity index (χ3n) is 2.72. The second kappa shape index (κ2) is 5.99. The maximum absolute atomic E-state index is 13.9. The average Bonchev–Trinajstić information content (AvgIpc) is 2.81. The van der Waals surface area contributed by atoms with Gasteiger partial charge in [-0.25, -0.2) is 17.2 Å². The lowest BCUT2D eigenvalue weighted by atomic mass is 10.2. The summed E-state index contributed by atoms with van der Waals surface area (Å²) < 4.78 is 54.3. The van der Waals surface area contributed by atoms with Crippen LogP contribution in [0.2, 0.25) is 0 Å². The summed E-state index contributed by atoms with van der Waals surface area (Å²) in [6.07, 6.45) is 0. The van der Waals surface area contributed by atoms with Gasteiger partial charge in [-0.15, -0.1) is 11.3 Å². The second-order valence-electron chi connectivity index (χ2n) is 4.21. The molecule has 0 aliphatic heterocycles. The molecule has 0 fully saturated rings. The predicted molar refractivity (Wildman–Crippen MR) is 81.8 cm³/mol. The van der Waals surface area contributed by atoms with E-state index >= 15 is 0 Å². The molecule has 0 bridgehead atoms. The molecule has 4 nitrogen and oxygen atoms in total. The van der Waals surface area contributed by atoms with Gasteiger partial charge in [-0.3, -0.25) is 4.72 Å². The molecule has 0 aliphatic carbocycles. The molecule has 2 rings (SSSR count). The van der Waals surface area contributed by atoms with Crippen LogP contribution in [-0.2, 0) is 16.6 Å². The number of rotatable bonds is 4. The van der Waals surface area contributed by atoms with Crippen LogP contribution in [0.3, 0.4) is 0 Å². The highest BCUT2D eigenvalue weighted by molar-refractivity contribution is 9.11. The van der Waals surface area contributed by atoms with Crippen LogP contribution in [0.25, 0.3) is 0 Å². The van der Waals surface area contributed by atoms with Crippen LogP contribution < -0.4 is 10.5 Å². The highest BCUT2D eigenvalue weighted by Crippen LogP contribution is 2.33. The number of benzene rings is 1. The van der Waals surface area contributed by atoms with E-state index in [9.17, 15) is 17.2 Å². The molecule has 2 aromatic rings. The Morgan fingerprint density at radius 1 is 1.38 bits per heavy atom. The van der Waals surface area contributed by atoms with E-state index in [1.54, 1.807) is 0 Å². The Balaban J connectivity index is 2.47. The highest BCUT2D eigenvalue weighted by atomic mass is 79.9. The first-order chi connectivity index (χ1) is 9.76. The van der Waals surface area contributed by atoms with Gasteiger partial charge in [0.25, 0.3) is 10.0 Å². The van der Waals surface area contributed by atoms with E-state index in [0.717, 1.165) is 17.4 Å². The minimum Gasteiger partial charge on any atom is -0.326 e. The molecule has 0 aliphatic rings. The van der Waals surface area contributed by atoms with Crippen molar-refractivity contribution in [2.45, 2.75) is 18.4 Å². The van der Waals surface area contributed by atoms with Gasteiger partial charge in [0.2, 0.25) is 0 Å². The van der Waals surface area contributed by atoms with Gasteiger partial charge in [-0.2, -0.15) is 0 Å². The van der Waals surface area contributed by atoms with E-state index < -0.39 is 27.3 Å². The molecule has 0 atom stereocenters. The van der Waals surface area contributed by atoms with Crippen LogP contribution in [0.1, 0.15) is 10.4 Å². The van der Waals surface area contributed by atoms with E-state index in [-0.39, 0.29) is 17.0 Å². The zero-order chi connectivity index (χ0) is 15.8. The summed E-state index contributed by atoms with van der Waals surface area (Å²) in [5, 5.41) is 0. The van der Waals surface area contributed by atoms with Gasteiger partial charge in [0.05, 0.1) is 3.79 Å². The molecular weight excluding hydrogens is 386 g/mol. The predicted octanol–water partition coefficient (Wildman–Crippen LogP) is 3.36. The first-order valence-corrected chi connectivity index (χ1v) is 8.81. The fourth-order valence-electron chi connectivity index (χ4n) is 1.62. The number of sulfonamides is 1. The molecule has 114 valence electrons. The lowest BCUT2D eigenvalue weighted by Crippen LogP contribution is -2.15. The first-order valence-electron chi connectivity index (χ1n) is 5.72. The average molecular weight is 397 g/mol. The highest BCUT2D eigenvalue weighted by Gasteiger charge is 2.24. The first kappa shape index (κ1) is 16.3. The number of nitrogens with one attached hydrogen (secondary N) is 1. The van der Waals surface area contributed by atoms with Crippen molar-refractivity contribution in [1.29, 1.82) is 0 Å². The van der Waals surface area contributed by atoms with Crippen molar-refractivity contribution in [1.82, 2.24) is 0 Å². The summed E-state index contributed by atoms with van der Waals surface area (Å²) in [6, 6.07) is 3.60. The van der Waals surface area contributed by atoms with Crippen molar-refractivity contribution >= 4 is 43.0 Å². The molecule has 21 heavy (non-hydrogen) atoms. The lowest BCUT2D eigenvalue weighted by molar-refractivity contribution is 0.579. The number of hydrogen-bond acceptors (Lipinski definition) is 4. The minimum atomic E-state index is -4.12. The Kier molecular flexibility index (Phi) is 4.66. The number of halogens is 3. The molecule has 0 saturated carbocycles. The van der Waals surface area contributed by atoms with E-state index in [4.69, 9.17) is 5.73 Å². The van der Waals surface area contributed by atoms with Gasteiger partial charge < -0.3 is 5.73 Å². The molecule has 0 spiro atoms. The van der Waals surface area contributed by atoms with Crippen molar-refractivity contribution in [2.24, 2.45) is 5.73 Å². The van der Waals surface area contributed by atoms with Gasteiger partial charge in [-0.05, 0) is 40.5 Å². The number of aryl methyl sites for hydroxylation is 1. The summed E-state index contributed by atoms with van der Waals surface area (Å²) in [7, 11) is -4.12. The summed E-state index contributed by atoms with van der Waals surface area (Å²) in [4.78, 5) is 0.528. The largest absolute Gasteiger partial charge is 0.326 e. The molecule has 0 amide bonds. The quantitative estimate of drug-likeness (QED) is 0.831. The summed E-state index contributed by atoms with van der Waals surface area (Å²) in [5.74, 6) is -1.92. The fraction of sp³-hybridized carbons (Fsp3) is 0.167. The Morgan fingerprint density at radius 3 is 2.62 bits per heavy atom. The zero-order valence-corrected chi connectivity index (χ0v) is 14.0. The monoisotopic (exact) mass is 396 g/mol. The van der Waals surface area contributed by atoms with Crippen molar-refractivity contribution in [3.05, 3.63) is 44.1 Å². The molecule has 0 saturated heterocycles. The van der Waals surface area contributed by atoms with E-state index in [0.29, 0.717) is 8.66 Å². The molecule has 0 unspecified atom stereocenters. The Labute approximate surface area is 133 Å². The van der Waals surface area contributed by atoms with Crippen LogP contribution in [0.15, 0.2) is 26.9 Å². The van der Waals surface area contributed by atoms with E-state index in [1.165, 1.54) is 19.1 Å². The van der Waals surface area contributed by atoms with E-state index in [1.807, 2.05) is 4.72 Å².